The highest BCUT2D eigenvalue weighted by Gasteiger charge is 2.19. The molecule has 0 amide bonds. The van der Waals surface area contributed by atoms with Gasteiger partial charge in [-0.2, -0.15) is 5.26 Å². The van der Waals surface area contributed by atoms with Gasteiger partial charge in [0.1, 0.15) is 6.07 Å². The molecule has 0 atom stereocenters. The Hall–Kier alpha value is -6.10. The molecule has 0 saturated carbocycles. The molecular formula is C38H22N4. The number of nitrogens with zero attached hydrogens (tertiary/aromatic N) is 4. The molecule has 6 aromatic carbocycles. The monoisotopic (exact) mass is 534 g/mol. The van der Waals surface area contributed by atoms with Gasteiger partial charge in [0.2, 0.25) is 0 Å². The van der Waals surface area contributed by atoms with Crippen molar-refractivity contribution in [3.05, 3.63) is 150 Å². The quantitative estimate of drug-likeness (QED) is 0.208. The van der Waals surface area contributed by atoms with E-state index >= 15 is 0 Å². The van der Waals surface area contributed by atoms with Crippen LogP contribution >= 0.6 is 0 Å². The highest BCUT2D eigenvalue weighted by atomic mass is 15.0. The van der Waals surface area contributed by atoms with Crippen molar-refractivity contribution >= 4 is 49.3 Å². The summed E-state index contributed by atoms with van der Waals surface area (Å²) in [4.78, 5) is 3.66. The number of benzene rings is 6. The van der Waals surface area contributed by atoms with Crippen molar-refractivity contribution < 1.29 is 0 Å². The lowest BCUT2D eigenvalue weighted by atomic mass is 9.99. The van der Waals surface area contributed by atoms with Crippen molar-refractivity contribution in [2.45, 2.75) is 0 Å². The first-order chi connectivity index (χ1) is 20.8. The van der Waals surface area contributed by atoms with Gasteiger partial charge in [-0.05, 0) is 59.5 Å². The summed E-state index contributed by atoms with van der Waals surface area (Å²) in [7, 11) is 0. The summed E-state index contributed by atoms with van der Waals surface area (Å²) in [6.07, 6.45) is 0. The maximum atomic E-state index is 10.3. The first kappa shape index (κ1) is 23.8. The zero-order chi connectivity index (χ0) is 28.2. The minimum absolute atomic E-state index is 0.593. The molecule has 0 N–H and O–H groups in total. The van der Waals surface area contributed by atoms with Gasteiger partial charge < -0.3 is 9.13 Å². The van der Waals surface area contributed by atoms with Gasteiger partial charge in [-0.1, -0.05) is 84.9 Å². The summed E-state index contributed by atoms with van der Waals surface area (Å²) in [6, 6.07) is 47.9. The number of fused-ring (bicyclic) bond motifs is 6. The van der Waals surface area contributed by atoms with E-state index < -0.39 is 0 Å². The van der Waals surface area contributed by atoms with E-state index in [1.165, 1.54) is 21.8 Å². The van der Waals surface area contributed by atoms with Crippen LogP contribution in [0.25, 0.3) is 71.0 Å². The van der Waals surface area contributed by atoms with Crippen LogP contribution in [0, 0.1) is 17.9 Å². The number of hydrogen-bond acceptors (Lipinski definition) is 1. The lowest BCUT2D eigenvalue weighted by Gasteiger charge is -2.16. The minimum atomic E-state index is 0.593. The third-order valence-corrected chi connectivity index (χ3v) is 8.18. The van der Waals surface area contributed by atoms with E-state index in [0.29, 0.717) is 11.3 Å². The van der Waals surface area contributed by atoms with Crippen LogP contribution in [0.5, 0.6) is 0 Å². The zero-order valence-electron chi connectivity index (χ0n) is 22.5. The average molecular weight is 535 g/mol. The molecule has 194 valence electrons. The van der Waals surface area contributed by atoms with Crippen molar-refractivity contribution in [1.29, 1.82) is 5.26 Å². The lowest BCUT2D eigenvalue weighted by Crippen LogP contribution is -2.01. The second kappa shape index (κ2) is 9.24. The van der Waals surface area contributed by atoms with Crippen LogP contribution in [0.2, 0.25) is 0 Å². The van der Waals surface area contributed by atoms with Crippen molar-refractivity contribution in [2.24, 2.45) is 0 Å². The molecule has 8 aromatic rings. The van der Waals surface area contributed by atoms with E-state index in [2.05, 4.69) is 111 Å². The molecule has 4 nitrogen and oxygen atoms in total. The van der Waals surface area contributed by atoms with E-state index in [4.69, 9.17) is 6.57 Å². The summed E-state index contributed by atoms with van der Waals surface area (Å²) in [5, 5.41) is 14.8. The van der Waals surface area contributed by atoms with Crippen LogP contribution < -0.4 is 0 Å². The van der Waals surface area contributed by atoms with Crippen molar-refractivity contribution in [3.8, 4) is 28.6 Å². The molecule has 2 heterocycles. The molecule has 0 unspecified atom stereocenters. The smallest absolute Gasteiger partial charge is 0.188 e. The molecule has 0 aliphatic carbocycles. The number of aromatic nitrogens is 2. The summed E-state index contributed by atoms with van der Waals surface area (Å²) >= 11 is 0. The summed E-state index contributed by atoms with van der Waals surface area (Å²) < 4.78 is 4.48. The molecule has 0 bridgehead atoms. The molecule has 8 rings (SSSR count). The third-order valence-electron chi connectivity index (χ3n) is 8.18. The Balaban J connectivity index is 1.36. The lowest BCUT2D eigenvalue weighted by molar-refractivity contribution is 1.16. The standard InChI is InChI=1S/C38H22N4/c1-40-27-19-22-37-33(23-27)32-12-4-7-16-36(32)42(37)38-26(24-39)9-8-13-29(38)25-17-20-28(21-18-25)41-34-14-5-2-10-30(34)31-11-3-6-15-35(31)41/h2-23H. The zero-order valence-corrected chi connectivity index (χ0v) is 22.5. The van der Waals surface area contributed by atoms with Crippen LogP contribution in [0.3, 0.4) is 0 Å². The third kappa shape index (κ3) is 3.40. The molecular weight excluding hydrogens is 512 g/mol. The Morgan fingerprint density at radius 1 is 0.548 bits per heavy atom. The molecule has 0 fully saturated rings. The van der Waals surface area contributed by atoms with Crippen molar-refractivity contribution in [3.63, 3.8) is 0 Å². The molecule has 42 heavy (non-hydrogen) atoms. The Morgan fingerprint density at radius 2 is 1.12 bits per heavy atom. The number of rotatable bonds is 3. The molecule has 2 aromatic heterocycles. The molecule has 4 heteroatoms. The number of nitriles is 1. The van der Waals surface area contributed by atoms with E-state index in [1.54, 1.807) is 0 Å². The van der Waals surface area contributed by atoms with E-state index in [1.807, 2.05) is 42.5 Å². The Kier molecular flexibility index (Phi) is 5.22. The molecule has 0 aliphatic rings. The van der Waals surface area contributed by atoms with Crippen LogP contribution in [0.15, 0.2) is 133 Å². The first-order valence-electron chi connectivity index (χ1n) is 13.8. The van der Waals surface area contributed by atoms with Gasteiger partial charge >= 0.3 is 0 Å². The van der Waals surface area contributed by atoms with Gasteiger partial charge in [0.15, 0.2) is 5.69 Å². The Labute approximate surface area is 242 Å². The summed E-state index contributed by atoms with van der Waals surface area (Å²) in [5.74, 6) is 0. The number of para-hydroxylation sites is 4. The van der Waals surface area contributed by atoms with Gasteiger partial charge in [0, 0.05) is 27.4 Å². The average Bonchev–Trinajstić information content (AvgIpc) is 3.57. The van der Waals surface area contributed by atoms with Crippen LogP contribution in [0.4, 0.5) is 5.69 Å². The normalized spacial score (nSPS) is 11.3. The van der Waals surface area contributed by atoms with Gasteiger partial charge in [-0.25, -0.2) is 4.85 Å². The second-order valence-electron chi connectivity index (χ2n) is 10.4. The fourth-order valence-corrected chi connectivity index (χ4v) is 6.37. The summed E-state index contributed by atoms with van der Waals surface area (Å²) in [5.41, 5.74) is 9.41. The van der Waals surface area contributed by atoms with Crippen LogP contribution in [0.1, 0.15) is 5.56 Å². The van der Waals surface area contributed by atoms with Gasteiger partial charge in [-0.3, -0.25) is 0 Å². The van der Waals surface area contributed by atoms with E-state index in [9.17, 15) is 5.26 Å². The molecule has 0 radical (unpaired) electrons. The van der Waals surface area contributed by atoms with Gasteiger partial charge in [0.05, 0.1) is 39.9 Å². The molecule has 0 spiro atoms. The van der Waals surface area contributed by atoms with Gasteiger partial charge in [0.25, 0.3) is 0 Å². The van der Waals surface area contributed by atoms with Crippen molar-refractivity contribution in [2.75, 3.05) is 0 Å². The minimum Gasteiger partial charge on any atom is -0.309 e. The largest absolute Gasteiger partial charge is 0.309 e. The van der Waals surface area contributed by atoms with E-state index in [-0.39, 0.29) is 0 Å². The Morgan fingerprint density at radius 3 is 1.74 bits per heavy atom. The van der Waals surface area contributed by atoms with E-state index in [0.717, 1.165) is 44.3 Å². The van der Waals surface area contributed by atoms with Gasteiger partial charge in [-0.15, -0.1) is 0 Å². The topological polar surface area (TPSA) is 38.0 Å². The highest BCUT2D eigenvalue weighted by molar-refractivity contribution is 6.11. The highest BCUT2D eigenvalue weighted by Crippen LogP contribution is 2.39. The predicted molar refractivity (Wildman–Crippen MR) is 172 cm³/mol. The fourth-order valence-electron chi connectivity index (χ4n) is 6.37. The van der Waals surface area contributed by atoms with Crippen LogP contribution in [-0.2, 0) is 0 Å². The van der Waals surface area contributed by atoms with Crippen LogP contribution in [-0.4, -0.2) is 9.13 Å². The maximum absolute atomic E-state index is 10.3. The first-order valence-corrected chi connectivity index (χ1v) is 13.8. The van der Waals surface area contributed by atoms with Crippen molar-refractivity contribution in [1.82, 2.24) is 9.13 Å². The summed E-state index contributed by atoms with van der Waals surface area (Å²) in [6.45, 7) is 7.54. The Bertz CT molecular complexity index is 2370. The predicted octanol–water partition coefficient (Wildman–Crippen LogP) is 9.97. The fraction of sp³-hybridized carbons (Fsp3) is 0. The second-order valence-corrected chi connectivity index (χ2v) is 10.4. The number of hydrogen-bond donors (Lipinski definition) is 0. The maximum Gasteiger partial charge on any atom is 0.188 e. The molecule has 0 aliphatic heterocycles. The molecule has 0 saturated heterocycles. The SMILES string of the molecule is [C-]#[N+]c1ccc2c(c1)c1ccccc1n2-c1c(C#N)cccc1-c1ccc(-n2c3ccccc3c3ccccc32)cc1.